The van der Waals surface area contributed by atoms with Crippen molar-refractivity contribution in [2.75, 3.05) is 4.90 Å². The summed E-state index contributed by atoms with van der Waals surface area (Å²) in [6.45, 7) is 0. The van der Waals surface area contributed by atoms with Crippen LogP contribution in [-0.4, -0.2) is 0 Å². The first-order valence-electron chi connectivity index (χ1n) is 16.2. The SMILES string of the molecule is c1ccc(N(c2ccc3c(c2)sc2ccc4ccccc4c23)c2ccc3c(c2)sc2ccc4oc5c6ccccc6ccc5c4c23)cc1. The van der Waals surface area contributed by atoms with Crippen molar-refractivity contribution in [2.24, 2.45) is 0 Å². The van der Waals surface area contributed by atoms with E-state index in [2.05, 4.69) is 157 Å². The van der Waals surface area contributed by atoms with Gasteiger partial charge in [0.25, 0.3) is 0 Å². The molecule has 0 bridgehead atoms. The Kier molecular flexibility index (Phi) is 5.45. The van der Waals surface area contributed by atoms with E-state index in [1.54, 1.807) is 0 Å². The van der Waals surface area contributed by atoms with Crippen molar-refractivity contribution < 1.29 is 4.42 Å². The molecule has 0 spiro atoms. The minimum absolute atomic E-state index is 0.938. The van der Waals surface area contributed by atoms with Crippen LogP contribution in [0, 0.1) is 0 Å². The Balaban J connectivity index is 1.12. The predicted molar refractivity (Wildman–Crippen MR) is 209 cm³/mol. The summed E-state index contributed by atoms with van der Waals surface area (Å²) in [7, 11) is 0. The third-order valence-corrected chi connectivity index (χ3v) is 12.1. The van der Waals surface area contributed by atoms with Crippen molar-refractivity contribution in [1.82, 2.24) is 0 Å². The second-order valence-corrected chi connectivity index (χ2v) is 14.6. The van der Waals surface area contributed by atoms with Gasteiger partial charge in [-0.3, -0.25) is 0 Å². The molecule has 0 N–H and O–H groups in total. The molecule has 0 aliphatic rings. The maximum atomic E-state index is 6.55. The summed E-state index contributed by atoms with van der Waals surface area (Å²) >= 11 is 3.73. The lowest BCUT2D eigenvalue weighted by atomic mass is 10.0. The molecule has 3 heterocycles. The number of para-hydroxylation sites is 1. The molecule has 0 unspecified atom stereocenters. The number of rotatable bonds is 3. The topological polar surface area (TPSA) is 16.4 Å². The lowest BCUT2D eigenvalue weighted by Gasteiger charge is -2.25. The van der Waals surface area contributed by atoms with Crippen LogP contribution in [0.3, 0.4) is 0 Å². The number of nitrogens with zero attached hydrogens (tertiary/aromatic N) is 1. The number of furan rings is 1. The van der Waals surface area contributed by atoms with E-state index < -0.39 is 0 Å². The minimum atomic E-state index is 0.938. The summed E-state index contributed by atoms with van der Waals surface area (Å²) in [5.74, 6) is 0. The molecule has 0 amide bonds. The molecular formula is C44H25NOS2. The Bertz CT molecular complexity index is 3070. The number of anilines is 3. The largest absolute Gasteiger partial charge is 0.455 e. The highest BCUT2D eigenvalue weighted by Crippen LogP contribution is 2.47. The number of hydrogen-bond acceptors (Lipinski definition) is 4. The van der Waals surface area contributed by atoms with Crippen LogP contribution in [-0.2, 0) is 0 Å². The van der Waals surface area contributed by atoms with Crippen molar-refractivity contribution in [1.29, 1.82) is 0 Å². The Morgan fingerprint density at radius 3 is 1.73 bits per heavy atom. The predicted octanol–water partition coefficient (Wildman–Crippen LogP) is 14.1. The highest BCUT2D eigenvalue weighted by atomic mass is 32.1. The third kappa shape index (κ3) is 3.73. The summed E-state index contributed by atoms with van der Waals surface area (Å²) < 4.78 is 11.7. The zero-order valence-corrected chi connectivity index (χ0v) is 27.2. The fourth-order valence-corrected chi connectivity index (χ4v) is 9.99. The van der Waals surface area contributed by atoms with Gasteiger partial charge in [-0.15, -0.1) is 22.7 Å². The summed E-state index contributed by atoms with van der Waals surface area (Å²) in [6.07, 6.45) is 0. The van der Waals surface area contributed by atoms with E-state index in [0.717, 1.165) is 33.6 Å². The highest BCUT2D eigenvalue weighted by Gasteiger charge is 2.20. The maximum absolute atomic E-state index is 6.55. The zero-order valence-electron chi connectivity index (χ0n) is 25.6. The minimum Gasteiger partial charge on any atom is -0.455 e. The third-order valence-electron chi connectivity index (χ3n) is 9.82. The molecule has 0 aliphatic carbocycles. The van der Waals surface area contributed by atoms with E-state index in [0.29, 0.717) is 0 Å². The lowest BCUT2D eigenvalue weighted by molar-refractivity contribution is 0.673. The average Bonchev–Trinajstić information content (AvgIpc) is 3.83. The Morgan fingerprint density at radius 1 is 0.375 bits per heavy atom. The van der Waals surface area contributed by atoms with Gasteiger partial charge in [0.2, 0.25) is 0 Å². The summed E-state index contributed by atoms with van der Waals surface area (Å²) in [5, 5.41) is 12.5. The maximum Gasteiger partial charge on any atom is 0.143 e. The number of fused-ring (bicyclic) bond motifs is 14. The number of hydrogen-bond donors (Lipinski definition) is 0. The molecule has 224 valence electrons. The summed E-state index contributed by atoms with van der Waals surface area (Å²) in [6, 6.07) is 55.1. The highest BCUT2D eigenvalue weighted by molar-refractivity contribution is 7.26. The van der Waals surface area contributed by atoms with Gasteiger partial charge in [0.1, 0.15) is 11.2 Å². The standard InChI is InChI=1S/C44H25NOS2/c1-2-10-28(11-3-1)45(29-16-19-33-39(24-29)47-37-22-15-26-8-4-6-12-31(26)41(33)37)30-17-20-34-40(25-30)48-38-23-21-36-42(43(34)38)35-18-14-27-9-5-7-13-32(27)44(35)46-36/h1-25H. The van der Waals surface area contributed by atoms with Crippen LogP contribution < -0.4 is 4.90 Å². The van der Waals surface area contributed by atoms with Crippen LogP contribution in [0.5, 0.6) is 0 Å². The van der Waals surface area contributed by atoms with Gasteiger partial charge in [-0.05, 0) is 76.8 Å². The molecule has 3 aromatic heterocycles. The normalized spacial score (nSPS) is 12.2. The monoisotopic (exact) mass is 647 g/mol. The van der Waals surface area contributed by atoms with Crippen molar-refractivity contribution in [3.05, 3.63) is 152 Å². The molecule has 4 heteroatoms. The molecule has 0 atom stereocenters. The van der Waals surface area contributed by atoms with Gasteiger partial charge in [-0.25, -0.2) is 0 Å². The van der Waals surface area contributed by atoms with Crippen molar-refractivity contribution in [3.8, 4) is 0 Å². The van der Waals surface area contributed by atoms with Gasteiger partial charge in [-0.2, -0.15) is 0 Å². The zero-order chi connectivity index (χ0) is 31.3. The molecule has 8 aromatic carbocycles. The van der Waals surface area contributed by atoms with Crippen LogP contribution in [0.2, 0.25) is 0 Å². The average molecular weight is 648 g/mol. The van der Waals surface area contributed by atoms with Gasteiger partial charge in [0.15, 0.2) is 0 Å². The summed E-state index contributed by atoms with van der Waals surface area (Å²) in [5.41, 5.74) is 5.34. The van der Waals surface area contributed by atoms with E-state index in [1.807, 2.05) is 22.7 Å². The van der Waals surface area contributed by atoms with Gasteiger partial charge >= 0.3 is 0 Å². The first kappa shape index (κ1) is 26.4. The second-order valence-electron chi connectivity index (χ2n) is 12.5. The fraction of sp³-hybridized carbons (Fsp3) is 0. The lowest BCUT2D eigenvalue weighted by Crippen LogP contribution is -2.09. The van der Waals surface area contributed by atoms with Gasteiger partial charge in [0, 0.05) is 73.6 Å². The van der Waals surface area contributed by atoms with Crippen LogP contribution in [0.1, 0.15) is 0 Å². The first-order chi connectivity index (χ1) is 23.8. The molecule has 0 radical (unpaired) electrons. The van der Waals surface area contributed by atoms with Crippen molar-refractivity contribution in [2.45, 2.75) is 0 Å². The van der Waals surface area contributed by atoms with Crippen LogP contribution >= 0.6 is 22.7 Å². The number of benzene rings is 8. The van der Waals surface area contributed by atoms with Crippen LogP contribution in [0.25, 0.3) is 83.8 Å². The van der Waals surface area contributed by atoms with Crippen LogP contribution in [0.15, 0.2) is 156 Å². The molecule has 2 nitrogen and oxygen atoms in total. The Labute approximate surface area is 283 Å². The van der Waals surface area contributed by atoms with Gasteiger partial charge in [0.05, 0.1) is 0 Å². The Hall–Kier alpha value is -5.68. The molecule has 0 fully saturated rings. The molecule has 0 aliphatic heterocycles. The van der Waals surface area contributed by atoms with Crippen molar-refractivity contribution in [3.63, 3.8) is 0 Å². The quantitative estimate of drug-likeness (QED) is 0.190. The second kappa shape index (κ2) is 9.91. The van der Waals surface area contributed by atoms with E-state index in [1.165, 1.54) is 67.3 Å². The summed E-state index contributed by atoms with van der Waals surface area (Å²) in [4.78, 5) is 2.39. The first-order valence-corrected chi connectivity index (χ1v) is 17.8. The molecule has 0 saturated heterocycles. The van der Waals surface area contributed by atoms with E-state index in [4.69, 9.17) is 4.42 Å². The molecule has 11 rings (SSSR count). The van der Waals surface area contributed by atoms with E-state index in [-0.39, 0.29) is 0 Å². The van der Waals surface area contributed by atoms with Crippen LogP contribution in [0.4, 0.5) is 17.1 Å². The fourth-order valence-electron chi connectivity index (χ4n) is 7.69. The molecule has 0 saturated carbocycles. The number of thiophene rings is 2. The van der Waals surface area contributed by atoms with E-state index >= 15 is 0 Å². The van der Waals surface area contributed by atoms with E-state index in [9.17, 15) is 0 Å². The van der Waals surface area contributed by atoms with Gasteiger partial charge in [-0.1, -0.05) is 91.0 Å². The molecule has 11 aromatic rings. The van der Waals surface area contributed by atoms with Gasteiger partial charge < -0.3 is 9.32 Å². The smallest absolute Gasteiger partial charge is 0.143 e. The molecular weight excluding hydrogens is 623 g/mol. The molecule has 48 heavy (non-hydrogen) atoms. The van der Waals surface area contributed by atoms with Crippen molar-refractivity contribution >= 4 is 124 Å². The Morgan fingerprint density at radius 2 is 0.958 bits per heavy atom.